The fourth-order valence-electron chi connectivity index (χ4n) is 2.22. The average Bonchev–Trinajstić information content (AvgIpc) is 3.13. The number of nitrogens with zero attached hydrogens (tertiary/aromatic N) is 3. The number of oxime groups is 1. The van der Waals surface area contributed by atoms with Crippen LogP contribution < -0.4 is 5.32 Å². The van der Waals surface area contributed by atoms with Gasteiger partial charge < -0.3 is 9.57 Å². The van der Waals surface area contributed by atoms with E-state index in [2.05, 4.69) is 20.4 Å². The average molecular weight is 358 g/mol. The normalized spacial score (nSPS) is 17.0. The second-order valence-corrected chi connectivity index (χ2v) is 5.49. The van der Waals surface area contributed by atoms with Crippen LogP contribution in [0.15, 0.2) is 47.9 Å². The second kappa shape index (κ2) is 7.68. The maximum atomic E-state index is 13.3. The van der Waals surface area contributed by atoms with Gasteiger partial charge in [-0.2, -0.15) is 0 Å². The highest BCUT2D eigenvalue weighted by Crippen LogP contribution is 2.19. The lowest BCUT2D eigenvalue weighted by Gasteiger charge is -2.14. The van der Waals surface area contributed by atoms with Gasteiger partial charge in [-0.05, 0) is 25.1 Å². The SMILES string of the molecule is CC(OC(=O)C1CC(c2cccc(F)c2)=NO1)C(=O)Nc1ncccn1. The third kappa shape index (κ3) is 4.18. The fraction of sp³-hybridized carbons (Fsp3) is 0.235. The molecule has 0 fully saturated rings. The molecule has 134 valence electrons. The first-order valence-corrected chi connectivity index (χ1v) is 7.80. The molecule has 1 N–H and O–H groups in total. The summed E-state index contributed by atoms with van der Waals surface area (Å²) in [6.07, 6.45) is 0.997. The van der Waals surface area contributed by atoms with Crippen LogP contribution in [0.3, 0.4) is 0 Å². The van der Waals surface area contributed by atoms with Crippen LogP contribution in [0.25, 0.3) is 0 Å². The molecule has 3 rings (SSSR count). The Kier molecular flexibility index (Phi) is 5.16. The van der Waals surface area contributed by atoms with Gasteiger partial charge in [0.25, 0.3) is 5.91 Å². The number of amides is 1. The number of aromatic nitrogens is 2. The second-order valence-electron chi connectivity index (χ2n) is 5.49. The van der Waals surface area contributed by atoms with Crippen LogP contribution in [-0.4, -0.2) is 39.8 Å². The molecule has 8 nitrogen and oxygen atoms in total. The largest absolute Gasteiger partial charge is 0.450 e. The van der Waals surface area contributed by atoms with Crippen molar-refractivity contribution in [1.29, 1.82) is 0 Å². The molecule has 1 aromatic carbocycles. The molecule has 0 aliphatic carbocycles. The number of anilines is 1. The number of carbonyl (C=O) groups excluding carboxylic acids is 2. The van der Waals surface area contributed by atoms with Crippen LogP contribution in [0.1, 0.15) is 18.9 Å². The van der Waals surface area contributed by atoms with E-state index in [4.69, 9.17) is 9.57 Å². The highest BCUT2D eigenvalue weighted by molar-refractivity contribution is 6.03. The first-order valence-electron chi connectivity index (χ1n) is 7.80. The Balaban J connectivity index is 1.53. The Morgan fingerprint density at radius 2 is 2.08 bits per heavy atom. The van der Waals surface area contributed by atoms with E-state index in [1.807, 2.05) is 0 Å². The van der Waals surface area contributed by atoms with Gasteiger partial charge in [-0.3, -0.25) is 10.1 Å². The number of esters is 1. The Morgan fingerprint density at radius 1 is 1.31 bits per heavy atom. The van der Waals surface area contributed by atoms with Crippen LogP contribution in [0.5, 0.6) is 0 Å². The highest BCUT2D eigenvalue weighted by atomic mass is 19.1. The van der Waals surface area contributed by atoms with Gasteiger partial charge in [0.15, 0.2) is 6.10 Å². The molecule has 0 spiro atoms. The molecule has 1 aliphatic heterocycles. The van der Waals surface area contributed by atoms with Gasteiger partial charge in [-0.1, -0.05) is 17.3 Å². The first-order chi connectivity index (χ1) is 12.5. The number of hydrogen-bond donors (Lipinski definition) is 1. The van der Waals surface area contributed by atoms with E-state index in [1.165, 1.54) is 37.5 Å². The Morgan fingerprint density at radius 3 is 2.81 bits per heavy atom. The van der Waals surface area contributed by atoms with Crippen LogP contribution in [0.2, 0.25) is 0 Å². The highest BCUT2D eigenvalue weighted by Gasteiger charge is 2.32. The van der Waals surface area contributed by atoms with Gasteiger partial charge in [0.1, 0.15) is 5.82 Å². The number of hydrogen-bond acceptors (Lipinski definition) is 7. The van der Waals surface area contributed by atoms with Crippen LogP contribution in [0, 0.1) is 5.82 Å². The van der Waals surface area contributed by atoms with Crippen molar-refractivity contribution in [3.63, 3.8) is 0 Å². The zero-order chi connectivity index (χ0) is 18.5. The quantitative estimate of drug-likeness (QED) is 0.816. The molecule has 1 aliphatic rings. The zero-order valence-electron chi connectivity index (χ0n) is 13.8. The summed E-state index contributed by atoms with van der Waals surface area (Å²) in [5.41, 5.74) is 0.952. The van der Waals surface area contributed by atoms with Crippen molar-refractivity contribution in [1.82, 2.24) is 9.97 Å². The molecule has 2 heterocycles. The maximum Gasteiger partial charge on any atom is 0.351 e. The van der Waals surface area contributed by atoms with E-state index < -0.39 is 29.9 Å². The van der Waals surface area contributed by atoms with E-state index in [0.29, 0.717) is 11.3 Å². The van der Waals surface area contributed by atoms with Gasteiger partial charge in [0.05, 0.1) is 5.71 Å². The summed E-state index contributed by atoms with van der Waals surface area (Å²) < 4.78 is 18.4. The summed E-state index contributed by atoms with van der Waals surface area (Å²) in [5, 5.41) is 6.23. The lowest BCUT2D eigenvalue weighted by atomic mass is 10.1. The number of benzene rings is 1. The molecular formula is C17H15FN4O4. The predicted molar refractivity (Wildman–Crippen MR) is 88.6 cm³/mol. The minimum absolute atomic E-state index is 0.106. The molecule has 0 saturated heterocycles. The summed E-state index contributed by atoms with van der Waals surface area (Å²) >= 11 is 0. The minimum Gasteiger partial charge on any atom is -0.450 e. The van der Waals surface area contributed by atoms with Gasteiger partial charge >= 0.3 is 5.97 Å². The van der Waals surface area contributed by atoms with Crippen molar-refractivity contribution in [2.45, 2.75) is 25.6 Å². The molecule has 2 unspecified atom stereocenters. The summed E-state index contributed by atoms with van der Waals surface area (Å²) in [7, 11) is 0. The number of nitrogens with one attached hydrogen (secondary N) is 1. The lowest BCUT2D eigenvalue weighted by molar-refractivity contribution is -0.163. The Hall–Kier alpha value is -3.36. The predicted octanol–water partition coefficient (Wildman–Crippen LogP) is 1.68. The van der Waals surface area contributed by atoms with E-state index in [-0.39, 0.29) is 12.4 Å². The maximum absolute atomic E-state index is 13.3. The van der Waals surface area contributed by atoms with Gasteiger partial charge in [-0.15, -0.1) is 0 Å². The fourth-order valence-corrected chi connectivity index (χ4v) is 2.22. The molecule has 0 bridgehead atoms. The molecule has 9 heteroatoms. The van der Waals surface area contributed by atoms with E-state index >= 15 is 0 Å². The van der Waals surface area contributed by atoms with Crippen molar-refractivity contribution in [3.05, 3.63) is 54.1 Å². The van der Waals surface area contributed by atoms with Crippen LogP contribution in [0.4, 0.5) is 10.3 Å². The smallest absolute Gasteiger partial charge is 0.351 e. The third-order valence-corrected chi connectivity index (χ3v) is 3.55. The lowest BCUT2D eigenvalue weighted by Crippen LogP contribution is -2.34. The number of rotatable bonds is 5. The number of ether oxygens (including phenoxy) is 1. The minimum atomic E-state index is -1.08. The van der Waals surface area contributed by atoms with E-state index in [0.717, 1.165) is 0 Å². The molecule has 1 amide bonds. The van der Waals surface area contributed by atoms with Crippen molar-refractivity contribution in [2.75, 3.05) is 5.32 Å². The standard InChI is InChI=1S/C17H15FN4O4/c1-10(15(23)21-17-19-6-3-7-20-17)25-16(24)14-9-13(22-26-14)11-4-2-5-12(18)8-11/h2-8,10,14H,9H2,1H3,(H,19,20,21,23). The van der Waals surface area contributed by atoms with Gasteiger partial charge in [-0.25, -0.2) is 19.2 Å². The molecule has 2 aromatic rings. The Bertz CT molecular complexity index is 844. The molecule has 2 atom stereocenters. The van der Waals surface area contributed by atoms with E-state index in [9.17, 15) is 14.0 Å². The molecule has 1 aromatic heterocycles. The third-order valence-electron chi connectivity index (χ3n) is 3.55. The zero-order valence-corrected chi connectivity index (χ0v) is 13.8. The van der Waals surface area contributed by atoms with Gasteiger partial charge in [0, 0.05) is 24.4 Å². The summed E-state index contributed by atoms with van der Waals surface area (Å²) in [6.45, 7) is 1.42. The van der Waals surface area contributed by atoms with Crippen LogP contribution in [-0.2, 0) is 19.2 Å². The van der Waals surface area contributed by atoms with Crippen molar-refractivity contribution in [3.8, 4) is 0 Å². The van der Waals surface area contributed by atoms with Crippen molar-refractivity contribution < 1.29 is 23.6 Å². The van der Waals surface area contributed by atoms with Crippen molar-refractivity contribution in [2.24, 2.45) is 5.16 Å². The van der Waals surface area contributed by atoms with Gasteiger partial charge in [0.2, 0.25) is 12.1 Å². The number of carbonyl (C=O) groups is 2. The first kappa shape index (κ1) is 17.5. The van der Waals surface area contributed by atoms with Crippen LogP contribution >= 0.6 is 0 Å². The van der Waals surface area contributed by atoms with Crippen molar-refractivity contribution >= 4 is 23.5 Å². The molecule has 26 heavy (non-hydrogen) atoms. The summed E-state index contributed by atoms with van der Waals surface area (Å²) in [4.78, 5) is 36.9. The summed E-state index contributed by atoms with van der Waals surface area (Å²) in [6, 6.07) is 7.41. The molecule has 0 radical (unpaired) electrons. The monoisotopic (exact) mass is 358 g/mol. The Labute approximate surface area is 148 Å². The molecule has 0 saturated carbocycles. The van der Waals surface area contributed by atoms with E-state index in [1.54, 1.807) is 12.1 Å². The summed E-state index contributed by atoms with van der Waals surface area (Å²) in [5.74, 6) is -1.62. The topological polar surface area (TPSA) is 103 Å². The number of halogens is 1. The molecular weight excluding hydrogens is 343 g/mol.